The number of amides is 2. The normalized spacial score (nSPS) is 11.6. The number of ether oxygens (including phenoxy) is 1. The molecule has 28 heavy (non-hydrogen) atoms. The monoisotopic (exact) mass is 379 g/mol. The molecule has 0 spiro atoms. The van der Waals surface area contributed by atoms with Crippen molar-refractivity contribution in [1.82, 2.24) is 10.3 Å². The molecule has 1 aromatic carbocycles. The lowest BCUT2D eigenvalue weighted by Gasteiger charge is -2.21. The molecule has 1 aromatic heterocycles. The molecule has 0 aliphatic carbocycles. The van der Waals surface area contributed by atoms with Gasteiger partial charge in [-0.15, -0.1) is 0 Å². The van der Waals surface area contributed by atoms with Crippen molar-refractivity contribution in [3.05, 3.63) is 59.3 Å². The number of aryl methyl sites for hydroxylation is 1. The predicted octanol–water partition coefficient (Wildman–Crippen LogP) is 3.64. The molecule has 0 saturated carbocycles. The maximum absolute atomic E-state index is 12.4. The van der Waals surface area contributed by atoms with Crippen molar-refractivity contribution in [3.8, 4) is 11.8 Å². The van der Waals surface area contributed by atoms with Gasteiger partial charge in [0.15, 0.2) is 0 Å². The van der Waals surface area contributed by atoms with Crippen LogP contribution in [-0.4, -0.2) is 28.6 Å². The highest BCUT2D eigenvalue weighted by Crippen LogP contribution is 2.11. The summed E-state index contributed by atoms with van der Waals surface area (Å²) in [4.78, 5) is 28.5. The maximum atomic E-state index is 12.4. The van der Waals surface area contributed by atoms with Crippen molar-refractivity contribution < 1.29 is 14.3 Å². The van der Waals surface area contributed by atoms with Gasteiger partial charge in [0, 0.05) is 5.56 Å². The van der Waals surface area contributed by atoms with Crippen LogP contribution in [-0.2, 0) is 9.53 Å². The van der Waals surface area contributed by atoms with Crippen LogP contribution in [0.15, 0.2) is 42.5 Å². The number of hydrogen-bond donors (Lipinski definition) is 2. The summed E-state index contributed by atoms with van der Waals surface area (Å²) in [6, 6.07) is 12.4. The molecule has 1 unspecified atom stereocenters. The molecule has 2 N–H and O–H groups in total. The molecule has 0 fully saturated rings. The molecule has 2 rings (SSSR count). The zero-order valence-corrected chi connectivity index (χ0v) is 16.8. The number of hydrogen-bond acceptors (Lipinski definition) is 4. The van der Waals surface area contributed by atoms with E-state index >= 15 is 0 Å². The highest BCUT2D eigenvalue weighted by Gasteiger charge is 2.21. The minimum absolute atomic E-state index is 0.375. The lowest BCUT2D eigenvalue weighted by molar-refractivity contribution is -0.117. The van der Waals surface area contributed by atoms with Crippen LogP contribution in [0.25, 0.3) is 0 Å². The van der Waals surface area contributed by atoms with E-state index in [-0.39, 0.29) is 0 Å². The first kappa shape index (κ1) is 21.0. The standard InChI is InChI=1S/C22H25N3O3/c1-15-13-18(12-11-17-9-7-6-8-10-17)24-19(14-15)25-20(26)16(2)23-21(27)28-22(3,4)5/h6-10,13-14,16H,1-5H3,(H,23,27)(H,24,25,26). The van der Waals surface area contributed by atoms with E-state index in [9.17, 15) is 9.59 Å². The molecule has 2 amide bonds. The zero-order valence-electron chi connectivity index (χ0n) is 16.8. The van der Waals surface area contributed by atoms with E-state index in [1.165, 1.54) is 0 Å². The fraction of sp³-hybridized carbons (Fsp3) is 0.318. The van der Waals surface area contributed by atoms with Gasteiger partial charge in [0.05, 0.1) is 0 Å². The van der Waals surface area contributed by atoms with Crippen LogP contribution in [0.3, 0.4) is 0 Å². The first-order valence-corrected chi connectivity index (χ1v) is 8.98. The van der Waals surface area contributed by atoms with Gasteiger partial charge in [-0.05, 0) is 70.4 Å². The highest BCUT2D eigenvalue weighted by molar-refractivity contribution is 5.95. The lowest BCUT2D eigenvalue weighted by Crippen LogP contribution is -2.44. The minimum atomic E-state index is -0.781. The van der Waals surface area contributed by atoms with Crippen LogP contribution in [0, 0.1) is 18.8 Å². The number of benzene rings is 1. The average molecular weight is 379 g/mol. The van der Waals surface area contributed by atoms with Gasteiger partial charge in [-0.2, -0.15) is 0 Å². The summed E-state index contributed by atoms with van der Waals surface area (Å²) in [7, 11) is 0. The molecule has 6 nitrogen and oxygen atoms in total. The van der Waals surface area contributed by atoms with Gasteiger partial charge >= 0.3 is 6.09 Å². The van der Waals surface area contributed by atoms with E-state index in [1.807, 2.05) is 43.3 Å². The smallest absolute Gasteiger partial charge is 0.408 e. The summed E-state index contributed by atoms with van der Waals surface area (Å²) in [6.07, 6.45) is -0.651. The number of aromatic nitrogens is 1. The average Bonchev–Trinajstić information content (AvgIpc) is 2.58. The lowest BCUT2D eigenvalue weighted by atomic mass is 10.2. The van der Waals surface area contributed by atoms with Crippen LogP contribution in [0.5, 0.6) is 0 Å². The van der Waals surface area contributed by atoms with Crippen LogP contribution < -0.4 is 10.6 Å². The zero-order chi connectivity index (χ0) is 20.7. The first-order valence-electron chi connectivity index (χ1n) is 8.98. The Balaban J connectivity index is 2.05. The molecule has 2 aromatic rings. The Kier molecular flexibility index (Phi) is 6.78. The van der Waals surface area contributed by atoms with E-state index < -0.39 is 23.6 Å². The summed E-state index contributed by atoms with van der Waals surface area (Å²) in [6.45, 7) is 8.74. The molecule has 1 heterocycles. The number of carbonyl (C=O) groups excluding carboxylic acids is 2. The summed E-state index contributed by atoms with van der Waals surface area (Å²) < 4.78 is 5.16. The molecule has 1 atom stereocenters. The molecule has 0 aliphatic heterocycles. The number of anilines is 1. The first-order chi connectivity index (χ1) is 13.1. The van der Waals surface area contributed by atoms with Gasteiger partial charge < -0.3 is 15.4 Å². The predicted molar refractivity (Wildman–Crippen MR) is 109 cm³/mol. The van der Waals surface area contributed by atoms with E-state index in [1.54, 1.807) is 33.8 Å². The third-order valence-electron chi connectivity index (χ3n) is 3.46. The fourth-order valence-electron chi connectivity index (χ4n) is 2.24. The van der Waals surface area contributed by atoms with E-state index in [0.29, 0.717) is 11.5 Å². The Morgan fingerprint density at radius 1 is 1.11 bits per heavy atom. The molecule has 6 heteroatoms. The SMILES string of the molecule is Cc1cc(C#Cc2ccccc2)nc(NC(=O)C(C)NC(=O)OC(C)(C)C)c1. The number of alkyl carbamates (subject to hydrolysis) is 1. The van der Waals surface area contributed by atoms with Gasteiger partial charge in [-0.3, -0.25) is 4.79 Å². The minimum Gasteiger partial charge on any atom is -0.444 e. The molecular weight excluding hydrogens is 354 g/mol. The summed E-state index contributed by atoms with van der Waals surface area (Å²) in [5, 5.41) is 5.20. The molecule has 0 bridgehead atoms. The van der Waals surface area contributed by atoms with Crippen molar-refractivity contribution in [2.45, 2.75) is 46.3 Å². The van der Waals surface area contributed by atoms with E-state index in [4.69, 9.17) is 4.74 Å². The molecule has 0 saturated heterocycles. The second-order valence-corrected chi connectivity index (χ2v) is 7.39. The number of nitrogens with zero attached hydrogens (tertiary/aromatic N) is 1. The van der Waals surface area contributed by atoms with Crippen molar-refractivity contribution in [3.63, 3.8) is 0 Å². The van der Waals surface area contributed by atoms with Gasteiger partial charge in [-0.1, -0.05) is 24.1 Å². The molecular formula is C22H25N3O3. The van der Waals surface area contributed by atoms with Crippen molar-refractivity contribution in [2.75, 3.05) is 5.32 Å². The maximum Gasteiger partial charge on any atom is 0.408 e. The number of carbonyl (C=O) groups is 2. The van der Waals surface area contributed by atoms with Gasteiger partial charge in [0.1, 0.15) is 23.2 Å². The Morgan fingerprint density at radius 3 is 2.43 bits per heavy atom. The van der Waals surface area contributed by atoms with Gasteiger partial charge in [0.25, 0.3) is 0 Å². The Hall–Kier alpha value is -3.33. The molecule has 0 aliphatic rings. The largest absolute Gasteiger partial charge is 0.444 e. The fourth-order valence-corrected chi connectivity index (χ4v) is 2.24. The van der Waals surface area contributed by atoms with Gasteiger partial charge in [0.2, 0.25) is 5.91 Å². The molecule has 146 valence electrons. The Bertz CT molecular complexity index is 906. The number of rotatable bonds is 3. The highest BCUT2D eigenvalue weighted by atomic mass is 16.6. The number of pyridine rings is 1. The third-order valence-corrected chi connectivity index (χ3v) is 3.46. The third kappa shape index (κ3) is 7.12. The summed E-state index contributed by atoms with van der Waals surface area (Å²) in [5.74, 6) is 6.02. The van der Waals surface area contributed by atoms with Crippen LogP contribution in [0.4, 0.5) is 10.6 Å². The van der Waals surface area contributed by atoms with Crippen LogP contribution in [0.1, 0.15) is 44.5 Å². The van der Waals surface area contributed by atoms with Gasteiger partial charge in [-0.25, -0.2) is 9.78 Å². The Labute approximate surface area is 165 Å². The summed E-state index contributed by atoms with van der Waals surface area (Å²) in [5.41, 5.74) is 1.71. The summed E-state index contributed by atoms with van der Waals surface area (Å²) >= 11 is 0. The quantitative estimate of drug-likeness (QED) is 0.798. The van der Waals surface area contributed by atoms with Crippen LogP contribution >= 0.6 is 0 Å². The van der Waals surface area contributed by atoms with Crippen molar-refractivity contribution >= 4 is 17.8 Å². The second kappa shape index (κ2) is 9.05. The van der Waals surface area contributed by atoms with Crippen molar-refractivity contribution in [1.29, 1.82) is 0 Å². The number of nitrogens with one attached hydrogen (secondary N) is 2. The van der Waals surface area contributed by atoms with Crippen LogP contribution in [0.2, 0.25) is 0 Å². The van der Waals surface area contributed by atoms with E-state index in [0.717, 1.165) is 11.1 Å². The topological polar surface area (TPSA) is 80.3 Å². The second-order valence-electron chi connectivity index (χ2n) is 7.39. The Morgan fingerprint density at radius 2 is 1.79 bits per heavy atom. The van der Waals surface area contributed by atoms with Crippen molar-refractivity contribution in [2.24, 2.45) is 0 Å². The van der Waals surface area contributed by atoms with E-state index in [2.05, 4.69) is 27.5 Å². The molecule has 0 radical (unpaired) electrons.